The van der Waals surface area contributed by atoms with E-state index in [0.717, 1.165) is 10.5 Å². The molecule has 1 unspecified atom stereocenters. The zero-order chi connectivity index (χ0) is 11.3. The second kappa shape index (κ2) is 5.83. The zero-order valence-corrected chi connectivity index (χ0v) is 9.67. The van der Waals surface area contributed by atoms with Gasteiger partial charge in [0.05, 0.1) is 22.7 Å². The van der Waals surface area contributed by atoms with Gasteiger partial charge in [0.2, 0.25) is 0 Å². The molecule has 0 amide bonds. The van der Waals surface area contributed by atoms with Crippen LogP contribution in [0.3, 0.4) is 0 Å². The summed E-state index contributed by atoms with van der Waals surface area (Å²) in [6.07, 6.45) is 1.55. The molecule has 0 aromatic heterocycles. The lowest BCUT2D eigenvalue weighted by Crippen LogP contribution is -2.15. The van der Waals surface area contributed by atoms with Crippen molar-refractivity contribution in [3.05, 3.63) is 42.5 Å². The van der Waals surface area contributed by atoms with Crippen molar-refractivity contribution in [3.63, 3.8) is 0 Å². The molecule has 0 aliphatic rings. The highest BCUT2D eigenvalue weighted by molar-refractivity contribution is 7.85. The van der Waals surface area contributed by atoms with Crippen molar-refractivity contribution < 1.29 is 9.32 Å². The van der Waals surface area contributed by atoms with Gasteiger partial charge in [-0.05, 0) is 25.5 Å². The fourth-order valence-corrected chi connectivity index (χ4v) is 2.34. The highest BCUT2D eigenvalue weighted by Crippen LogP contribution is 2.10. The topological polar surface area (TPSA) is 37.3 Å². The summed E-state index contributed by atoms with van der Waals surface area (Å²) in [5, 5.41) is 9.47. The van der Waals surface area contributed by atoms with Crippen LogP contribution in [0.25, 0.3) is 0 Å². The molecule has 2 atom stereocenters. The fourth-order valence-electron chi connectivity index (χ4n) is 1.22. The van der Waals surface area contributed by atoms with E-state index in [1.165, 1.54) is 0 Å². The SMILES string of the molecule is C=CC[C@H](O)CS(=O)c1ccc(C)cc1. The van der Waals surface area contributed by atoms with E-state index in [-0.39, 0.29) is 5.75 Å². The van der Waals surface area contributed by atoms with Gasteiger partial charge < -0.3 is 5.11 Å². The smallest absolute Gasteiger partial charge is 0.0693 e. The van der Waals surface area contributed by atoms with Crippen LogP contribution in [0.5, 0.6) is 0 Å². The minimum atomic E-state index is -1.12. The average Bonchev–Trinajstić information content (AvgIpc) is 2.18. The summed E-state index contributed by atoms with van der Waals surface area (Å²) in [5.74, 6) is 0.273. The summed E-state index contributed by atoms with van der Waals surface area (Å²) in [4.78, 5) is 0.767. The average molecular weight is 224 g/mol. The molecule has 82 valence electrons. The number of aliphatic hydroxyl groups excluding tert-OH is 1. The second-order valence-electron chi connectivity index (χ2n) is 3.50. The van der Waals surface area contributed by atoms with Crippen LogP contribution in [0.1, 0.15) is 12.0 Å². The molecular formula is C12H16O2S. The number of aliphatic hydroxyl groups is 1. The number of aryl methyl sites for hydroxylation is 1. The quantitative estimate of drug-likeness (QED) is 0.777. The third-order valence-corrected chi connectivity index (χ3v) is 3.55. The molecule has 1 rings (SSSR count). The van der Waals surface area contributed by atoms with Crippen molar-refractivity contribution in [1.82, 2.24) is 0 Å². The summed E-state index contributed by atoms with van der Waals surface area (Å²) in [7, 11) is -1.12. The number of rotatable bonds is 5. The summed E-state index contributed by atoms with van der Waals surface area (Å²) >= 11 is 0. The van der Waals surface area contributed by atoms with Gasteiger partial charge in [-0.15, -0.1) is 6.58 Å². The molecule has 0 heterocycles. The van der Waals surface area contributed by atoms with E-state index < -0.39 is 16.9 Å². The highest BCUT2D eigenvalue weighted by Gasteiger charge is 2.09. The molecule has 0 spiro atoms. The Morgan fingerprint density at radius 2 is 2.07 bits per heavy atom. The van der Waals surface area contributed by atoms with E-state index >= 15 is 0 Å². The maximum atomic E-state index is 11.8. The first-order valence-electron chi connectivity index (χ1n) is 4.87. The Morgan fingerprint density at radius 1 is 1.47 bits per heavy atom. The van der Waals surface area contributed by atoms with Gasteiger partial charge >= 0.3 is 0 Å². The van der Waals surface area contributed by atoms with Gasteiger partial charge in [0.15, 0.2) is 0 Å². The lowest BCUT2D eigenvalue weighted by atomic mass is 10.2. The van der Waals surface area contributed by atoms with Crippen LogP contribution >= 0.6 is 0 Å². The van der Waals surface area contributed by atoms with E-state index in [9.17, 15) is 9.32 Å². The number of benzene rings is 1. The molecule has 1 aromatic rings. The van der Waals surface area contributed by atoms with Crippen molar-refractivity contribution in [2.24, 2.45) is 0 Å². The number of hydrogen-bond donors (Lipinski definition) is 1. The molecule has 2 nitrogen and oxygen atoms in total. The molecule has 0 saturated heterocycles. The first-order chi connectivity index (χ1) is 7.13. The Hall–Kier alpha value is -0.930. The van der Waals surface area contributed by atoms with Gasteiger partial charge in [0.1, 0.15) is 0 Å². The lowest BCUT2D eigenvalue weighted by molar-refractivity contribution is 0.202. The molecule has 0 aliphatic heterocycles. The molecule has 1 N–H and O–H groups in total. The van der Waals surface area contributed by atoms with Crippen molar-refractivity contribution >= 4 is 10.8 Å². The van der Waals surface area contributed by atoms with Gasteiger partial charge in [-0.1, -0.05) is 23.8 Å². The molecule has 0 fully saturated rings. The predicted molar refractivity (Wildman–Crippen MR) is 63.3 cm³/mol. The Labute approximate surface area is 93.1 Å². The van der Waals surface area contributed by atoms with Crippen molar-refractivity contribution in [2.75, 3.05) is 5.75 Å². The van der Waals surface area contributed by atoms with Gasteiger partial charge in [-0.3, -0.25) is 4.21 Å². The van der Waals surface area contributed by atoms with Crippen molar-refractivity contribution in [3.8, 4) is 0 Å². The first-order valence-corrected chi connectivity index (χ1v) is 6.19. The van der Waals surface area contributed by atoms with Crippen LogP contribution in [-0.4, -0.2) is 21.2 Å². The Kier molecular flexibility index (Phi) is 4.72. The third kappa shape index (κ3) is 3.98. The lowest BCUT2D eigenvalue weighted by Gasteiger charge is -2.07. The molecule has 0 saturated carbocycles. The minimum absolute atomic E-state index is 0.273. The highest BCUT2D eigenvalue weighted by atomic mass is 32.2. The first kappa shape index (κ1) is 12.1. The van der Waals surface area contributed by atoms with E-state index in [1.807, 2.05) is 31.2 Å². The fraction of sp³-hybridized carbons (Fsp3) is 0.333. The Balaban J connectivity index is 2.61. The largest absolute Gasteiger partial charge is 0.392 e. The molecule has 0 bridgehead atoms. The van der Waals surface area contributed by atoms with Gasteiger partial charge in [0, 0.05) is 4.90 Å². The van der Waals surface area contributed by atoms with E-state index in [0.29, 0.717) is 6.42 Å². The van der Waals surface area contributed by atoms with Crippen LogP contribution in [0, 0.1) is 6.92 Å². The molecule has 0 aliphatic carbocycles. The summed E-state index contributed by atoms with van der Waals surface area (Å²) < 4.78 is 11.8. The van der Waals surface area contributed by atoms with Gasteiger partial charge in [0.25, 0.3) is 0 Å². The van der Waals surface area contributed by atoms with Gasteiger partial charge in [-0.2, -0.15) is 0 Å². The predicted octanol–water partition coefficient (Wildman–Crippen LogP) is 2.04. The van der Waals surface area contributed by atoms with Crippen LogP contribution in [0.2, 0.25) is 0 Å². The summed E-state index contributed by atoms with van der Waals surface area (Å²) in [6.45, 7) is 5.52. The minimum Gasteiger partial charge on any atom is -0.392 e. The van der Waals surface area contributed by atoms with Crippen molar-refractivity contribution in [2.45, 2.75) is 24.3 Å². The van der Waals surface area contributed by atoms with Crippen LogP contribution in [-0.2, 0) is 10.8 Å². The number of hydrogen-bond acceptors (Lipinski definition) is 2. The van der Waals surface area contributed by atoms with Gasteiger partial charge in [-0.25, -0.2) is 0 Å². The molecule has 0 radical (unpaired) electrons. The normalized spacial score (nSPS) is 14.5. The van der Waals surface area contributed by atoms with E-state index in [1.54, 1.807) is 6.08 Å². The van der Waals surface area contributed by atoms with Crippen LogP contribution in [0.15, 0.2) is 41.8 Å². The zero-order valence-electron chi connectivity index (χ0n) is 8.85. The molecular weight excluding hydrogens is 208 g/mol. The van der Waals surface area contributed by atoms with Crippen LogP contribution < -0.4 is 0 Å². The molecule has 1 aromatic carbocycles. The summed E-state index contributed by atoms with van der Waals surface area (Å²) in [5.41, 5.74) is 1.14. The molecule has 3 heteroatoms. The summed E-state index contributed by atoms with van der Waals surface area (Å²) in [6, 6.07) is 7.53. The Morgan fingerprint density at radius 3 is 2.60 bits per heavy atom. The van der Waals surface area contributed by atoms with E-state index in [2.05, 4.69) is 6.58 Å². The monoisotopic (exact) mass is 224 g/mol. The third-order valence-electron chi connectivity index (χ3n) is 2.07. The standard InChI is InChI=1S/C12H16O2S/c1-3-4-11(13)9-15(14)12-7-5-10(2)6-8-12/h3,5-8,11,13H,1,4,9H2,2H3/t11-,15?/m0/s1. The maximum absolute atomic E-state index is 11.8. The Bertz CT molecular complexity index is 343. The molecule has 15 heavy (non-hydrogen) atoms. The maximum Gasteiger partial charge on any atom is 0.0693 e. The van der Waals surface area contributed by atoms with E-state index in [4.69, 9.17) is 0 Å². The van der Waals surface area contributed by atoms with Crippen LogP contribution in [0.4, 0.5) is 0 Å². The second-order valence-corrected chi connectivity index (χ2v) is 5.00. The van der Waals surface area contributed by atoms with Crippen molar-refractivity contribution in [1.29, 1.82) is 0 Å².